The fourth-order valence-corrected chi connectivity index (χ4v) is 10.1. The molecule has 0 saturated carbocycles. The van der Waals surface area contributed by atoms with E-state index in [9.17, 15) is 0 Å². The number of fused-ring (bicyclic) bond motifs is 13. The zero-order valence-corrected chi connectivity index (χ0v) is 30.7. The summed E-state index contributed by atoms with van der Waals surface area (Å²) in [7, 11) is 0. The number of benzene rings is 9. The van der Waals surface area contributed by atoms with Crippen molar-refractivity contribution in [2.45, 2.75) is 5.41 Å². The molecule has 1 heterocycles. The van der Waals surface area contributed by atoms with E-state index in [0.717, 1.165) is 5.69 Å². The zero-order chi connectivity index (χ0) is 36.8. The molecule has 0 aliphatic heterocycles. The van der Waals surface area contributed by atoms with E-state index in [1.807, 2.05) is 0 Å². The maximum atomic E-state index is 2.47. The number of hydrogen-bond acceptors (Lipinski definition) is 0. The summed E-state index contributed by atoms with van der Waals surface area (Å²) in [5, 5.41) is 2.53. The molecule has 1 heteroatoms. The fourth-order valence-electron chi connectivity index (χ4n) is 10.1. The van der Waals surface area contributed by atoms with Crippen molar-refractivity contribution in [3.05, 3.63) is 235 Å². The molecule has 1 nitrogen and oxygen atoms in total. The number of nitrogens with zero attached hydrogens (tertiary/aromatic N) is 1. The van der Waals surface area contributed by atoms with Gasteiger partial charge in [0.1, 0.15) is 0 Å². The Hall–Kier alpha value is -7.22. The molecule has 2 aliphatic carbocycles. The summed E-state index contributed by atoms with van der Waals surface area (Å²) in [5.74, 6) is 0. The molecule has 260 valence electrons. The summed E-state index contributed by atoms with van der Waals surface area (Å²) in [6.07, 6.45) is 0. The van der Waals surface area contributed by atoms with Crippen molar-refractivity contribution >= 4 is 21.8 Å². The third-order valence-corrected chi connectivity index (χ3v) is 12.4. The molecule has 0 radical (unpaired) electrons. The molecule has 0 fully saturated rings. The summed E-state index contributed by atoms with van der Waals surface area (Å²) in [5.41, 5.74) is 21.2. The van der Waals surface area contributed by atoms with Crippen LogP contribution >= 0.6 is 0 Å². The van der Waals surface area contributed by atoms with Gasteiger partial charge in [-0.05, 0) is 114 Å². The molecule has 10 aromatic rings. The lowest BCUT2D eigenvalue weighted by molar-refractivity contribution is 0.796. The van der Waals surface area contributed by atoms with E-state index >= 15 is 0 Å². The quantitative estimate of drug-likeness (QED) is 0.171. The molecule has 1 spiro atoms. The van der Waals surface area contributed by atoms with Crippen LogP contribution in [0.15, 0.2) is 212 Å². The van der Waals surface area contributed by atoms with Crippen molar-refractivity contribution in [1.29, 1.82) is 0 Å². The third kappa shape index (κ3) is 4.26. The molecular weight excluding hydrogens is 675 g/mol. The van der Waals surface area contributed by atoms with Gasteiger partial charge in [-0.15, -0.1) is 0 Å². The van der Waals surface area contributed by atoms with E-state index in [4.69, 9.17) is 0 Å². The number of hydrogen-bond donors (Lipinski definition) is 0. The summed E-state index contributed by atoms with van der Waals surface area (Å²) >= 11 is 0. The predicted octanol–water partition coefficient (Wildman–Crippen LogP) is 14.1. The van der Waals surface area contributed by atoms with Gasteiger partial charge in [-0.25, -0.2) is 0 Å². The lowest BCUT2D eigenvalue weighted by Crippen LogP contribution is -2.26. The van der Waals surface area contributed by atoms with Crippen molar-refractivity contribution in [2.24, 2.45) is 0 Å². The summed E-state index contributed by atoms with van der Waals surface area (Å²) in [4.78, 5) is 0. The molecule has 1 aromatic heterocycles. The molecule has 0 amide bonds. The topological polar surface area (TPSA) is 4.93 Å². The minimum absolute atomic E-state index is 0.457. The number of para-hydroxylation sites is 1. The van der Waals surface area contributed by atoms with Crippen LogP contribution in [-0.4, -0.2) is 4.57 Å². The van der Waals surface area contributed by atoms with Crippen molar-refractivity contribution in [3.8, 4) is 61.3 Å². The molecule has 0 N–H and O–H groups in total. The zero-order valence-electron chi connectivity index (χ0n) is 30.7. The van der Waals surface area contributed by atoms with Crippen molar-refractivity contribution in [3.63, 3.8) is 0 Å². The maximum absolute atomic E-state index is 2.47. The van der Waals surface area contributed by atoms with Crippen LogP contribution in [0.2, 0.25) is 0 Å². The highest BCUT2D eigenvalue weighted by Crippen LogP contribution is 2.64. The third-order valence-electron chi connectivity index (χ3n) is 12.4. The molecular formula is C55H35N. The Labute approximate surface area is 326 Å². The van der Waals surface area contributed by atoms with E-state index in [-0.39, 0.29) is 0 Å². The minimum atomic E-state index is -0.457. The van der Waals surface area contributed by atoms with Crippen LogP contribution in [0.1, 0.15) is 22.3 Å². The minimum Gasteiger partial charge on any atom is -0.309 e. The standard InChI is InChI=1S/C55H35N/c1-3-14-36(15-4-1)39-29-33-53-48(34-39)46-20-9-12-25-52(46)56(53)41-30-26-38(27-31-41)42-21-13-22-47-44-19-8-11-24-50(44)55(54(42)47)49-23-10-7-18-43(49)45-32-28-40(35-51(45)55)37-16-5-2-6-17-37/h1-35H. The molecule has 9 aromatic carbocycles. The van der Waals surface area contributed by atoms with Gasteiger partial charge in [0.25, 0.3) is 0 Å². The van der Waals surface area contributed by atoms with Crippen LogP contribution < -0.4 is 0 Å². The van der Waals surface area contributed by atoms with Gasteiger partial charge in [0.05, 0.1) is 16.4 Å². The Morgan fingerprint density at radius 2 is 0.804 bits per heavy atom. The highest BCUT2D eigenvalue weighted by molar-refractivity contribution is 6.10. The Morgan fingerprint density at radius 3 is 1.54 bits per heavy atom. The van der Waals surface area contributed by atoms with Gasteiger partial charge < -0.3 is 4.57 Å². The van der Waals surface area contributed by atoms with Crippen LogP contribution in [0, 0.1) is 0 Å². The Balaban J connectivity index is 1.06. The van der Waals surface area contributed by atoms with Crippen molar-refractivity contribution < 1.29 is 0 Å². The van der Waals surface area contributed by atoms with Crippen molar-refractivity contribution in [2.75, 3.05) is 0 Å². The van der Waals surface area contributed by atoms with E-state index in [1.165, 1.54) is 99.7 Å². The Kier molecular flexibility index (Phi) is 6.62. The van der Waals surface area contributed by atoms with E-state index in [2.05, 4.69) is 217 Å². The Bertz CT molecular complexity index is 3160. The first-order valence-electron chi connectivity index (χ1n) is 19.5. The smallest absolute Gasteiger partial charge is 0.0731 e. The number of aromatic nitrogens is 1. The summed E-state index contributed by atoms with van der Waals surface area (Å²) < 4.78 is 2.42. The Morgan fingerprint density at radius 1 is 0.286 bits per heavy atom. The highest BCUT2D eigenvalue weighted by atomic mass is 15.0. The second-order valence-electron chi connectivity index (χ2n) is 15.2. The lowest BCUT2D eigenvalue weighted by atomic mass is 9.68. The van der Waals surface area contributed by atoms with Gasteiger partial charge in [0, 0.05) is 16.5 Å². The molecule has 56 heavy (non-hydrogen) atoms. The second-order valence-corrected chi connectivity index (χ2v) is 15.2. The van der Waals surface area contributed by atoms with Crippen LogP contribution in [0.3, 0.4) is 0 Å². The van der Waals surface area contributed by atoms with Crippen LogP contribution in [0.4, 0.5) is 0 Å². The monoisotopic (exact) mass is 709 g/mol. The molecule has 12 rings (SSSR count). The molecule has 1 atom stereocenters. The van der Waals surface area contributed by atoms with E-state index in [0.29, 0.717) is 0 Å². The van der Waals surface area contributed by atoms with Gasteiger partial charge in [0.2, 0.25) is 0 Å². The van der Waals surface area contributed by atoms with Crippen LogP contribution in [0.5, 0.6) is 0 Å². The van der Waals surface area contributed by atoms with Crippen LogP contribution in [0.25, 0.3) is 83.1 Å². The van der Waals surface area contributed by atoms with Gasteiger partial charge in [-0.2, -0.15) is 0 Å². The molecule has 0 bridgehead atoms. The second kappa shape index (κ2) is 11.9. The SMILES string of the molecule is c1ccc(-c2ccc3c(c2)C2(c4ccccc4-3)c3ccccc3-c3cccc(-c4ccc(-n5c6ccccc6c6cc(-c7ccccc7)ccc65)cc4)c32)cc1. The first kappa shape index (κ1) is 31.2. The summed E-state index contributed by atoms with van der Waals surface area (Å²) in [6.45, 7) is 0. The van der Waals surface area contributed by atoms with Gasteiger partial charge in [0.15, 0.2) is 0 Å². The first-order chi connectivity index (χ1) is 27.8. The average Bonchev–Trinajstić information content (AvgIpc) is 3.88. The number of rotatable bonds is 4. The summed E-state index contributed by atoms with van der Waals surface area (Å²) in [6, 6.07) is 78.7. The lowest BCUT2D eigenvalue weighted by Gasteiger charge is -2.32. The van der Waals surface area contributed by atoms with E-state index in [1.54, 1.807) is 0 Å². The largest absolute Gasteiger partial charge is 0.309 e. The van der Waals surface area contributed by atoms with Crippen molar-refractivity contribution in [1.82, 2.24) is 4.57 Å². The molecule has 0 saturated heterocycles. The van der Waals surface area contributed by atoms with Gasteiger partial charge in [-0.1, -0.05) is 176 Å². The van der Waals surface area contributed by atoms with Gasteiger partial charge >= 0.3 is 0 Å². The van der Waals surface area contributed by atoms with Crippen LogP contribution in [-0.2, 0) is 5.41 Å². The average molecular weight is 710 g/mol. The first-order valence-corrected chi connectivity index (χ1v) is 19.5. The normalized spacial score (nSPS) is 14.9. The molecule has 2 aliphatic rings. The molecule has 1 unspecified atom stereocenters. The fraction of sp³-hybridized carbons (Fsp3) is 0.0182. The maximum Gasteiger partial charge on any atom is 0.0731 e. The van der Waals surface area contributed by atoms with Gasteiger partial charge in [-0.3, -0.25) is 0 Å². The predicted molar refractivity (Wildman–Crippen MR) is 233 cm³/mol. The van der Waals surface area contributed by atoms with E-state index < -0.39 is 5.41 Å². The highest BCUT2D eigenvalue weighted by Gasteiger charge is 2.52.